The standard InChI is InChI=1S/C19H26FNO3S/c1-13-5-3-4-6-17(13)21-19(23)14(2)24-18(22)11-12-25-16-9-7-15(20)8-10-16/h7-10,13-14,17H,3-6,11-12H2,1-2H3,(H,21,23)/t13-,14+,17-/m0/s1. The lowest BCUT2D eigenvalue weighted by Gasteiger charge is -2.30. The van der Waals surface area contributed by atoms with Crippen molar-refractivity contribution in [2.24, 2.45) is 5.92 Å². The first kappa shape index (κ1) is 19.8. The highest BCUT2D eigenvalue weighted by atomic mass is 32.2. The third kappa shape index (κ3) is 6.69. The van der Waals surface area contributed by atoms with Crippen molar-refractivity contribution in [2.45, 2.75) is 63.0 Å². The Morgan fingerprint density at radius 1 is 1.28 bits per heavy atom. The molecule has 1 aliphatic rings. The molecule has 1 aliphatic carbocycles. The summed E-state index contributed by atoms with van der Waals surface area (Å²) in [5.41, 5.74) is 0. The van der Waals surface area contributed by atoms with Gasteiger partial charge in [0.05, 0.1) is 6.42 Å². The van der Waals surface area contributed by atoms with Gasteiger partial charge >= 0.3 is 5.97 Å². The number of hydrogen-bond acceptors (Lipinski definition) is 4. The summed E-state index contributed by atoms with van der Waals surface area (Å²) in [6.45, 7) is 3.75. The van der Waals surface area contributed by atoms with Crippen molar-refractivity contribution >= 4 is 23.6 Å². The fourth-order valence-electron chi connectivity index (χ4n) is 2.92. The zero-order valence-electron chi connectivity index (χ0n) is 14.8. The van der Waals surface area contributed by atoms with Crippen molar-refractivity contribution < 1.29 is 18.7 Å². The number of thioether (sulfide) groups is 1. The summed E-state index contributed by atoms with van der Waals surface area (Å²) in [7, 11) is 0. The minimum absolute atomic E-state index is 0.177. The molecule has 0 aliphatic heterocycles. The minimum atomic E-state index is -0.780. The van der Waals surface area contributed by atoms with Gasteiger partial charge in [-0.1, -0.05) is 19.8 Å². The Balaban J connectivity index is 1.68. The smallest absolute Gasteiger partial charge is 0.307 e. The van der Waals surface area contributed by atoms with Crippen molar-refractivity contribution in [1.29, 1.82) is 0 Å². The van der Waals surface area contributed by atoms with Crippen molar-refractivity contribution in [3.05, 3.63) is 30.1 Å². The van der Waals surface area contributed by atoms with Crippen LogP contribution in [0.2, 0.25) is 0 Å². The van der Waals surface area contributed by atoms with Crippen LogP contribution in [0.1, 0.15) is 46.0 Å². The number of rotatable bonds is 7. The van der Waals surface area contributed by atoms with Crippen LogP contribution in [0.25, 0.3) is 0 Å². The molecule has 2 rings (SSSR count). The van der Waals surface area contributed by atoms with Crippen LogP contribution in [0, 0.1) is 11.7 Å². The summed E-state index contributed by atoms with van der Waals surface area (Å²) in [5, 5.41) is 3.00. The highest BCUT2D eigenvalue weighted by molar-refractivity contribution is 7.99. The van der Waals surface area contributed by atoms with E-state index >= 15 is 0 Å². The molecule has 1 aromatic carbocycles. The molecule has 1 aromatic rings. The maximum atomic E-state index is 12.8. The zero-order chi connectivity index (χ0) is 18.2. The summed E-state index contributed by atoms with van der Waals surface area (Å²) in [5.74, 6) is 0.0918. The van der Waals surface area contributed by atoms with Gasteiger partial charge in [-0.3, -0.25) is 9.59 Å². The van der Waals surface area contributed by atoms with Crippen LogP contribution in [0.3, 0.4) is 0 Å². The van der Waals surface area contributed by atoms with E-state index in [0.29, 0.717) is 11.7 Å². The molecule has 0 heterocycles. The Kier molecular flexibility index (Phi) is 7.75. The van der Waals surface area contributed by atoms with Gasteiger partial charge in [0.25, 0.3) is 5.91 Å². The predicted octanol–water partition coefficient (Wildman–Crippen LogP) is 3.93. The summed E-state index contributed by atoms with van der Waals surface area (Å²) in [4.78, 5) is 25.0. The molecule has 1 N–H and O–H groups in total. The van der Waals surface area contributed by atoms with E-state index in [2.05, 4.69) is 12.2 Å². The number of nitrogens with one attached hydrogen (secondary N) is 1. The van der Waals surface area contributed by atoms with Gasteiger partial charge < -0.3 is 10.1 Å². The van der Waals surface area contributed by atoms with E-state index in [1.165, 1.54) is 30.3 Å². The van der Waals surface area contributed by atoms with E-state index in [0.717, 1.165) is 24.2 Å². The van der Waals surface area contributed by atoms with Crippen LogP contribution in [-0.4, -0.2) is 29.8 Å². The molecule has 25 heavy (non-hydrogen) atoms. The first-order valence-electron chi connectivity index (χ1n) is 8.84. The van der Waals surface area contributed by atoms with Gasteiger partial charge in [-0.15, -0.1) is 11.8 Å². The Morgan fingerprint density at radius 3 is 2.64 bits per heavy atom. The largest absolute Gasteiger partial charge is 0.453 e. The molecule has 1 fully saturated rings. The zero-order valence-corrected chi connectivity index (χ0v) is 15.6. The number of carbonyl (C=O) groups excluding carboxylic acids is 2. The molecule has 0 radical (unpaired) electrons. The monoisotopic (exact) mass is 367 g/mol. The predicted molar refractivity (Wildman–Crippen MR) is 96.9 cm³/mol. The molecule has 138 valence electrons. The first-order valence-corrected chi connectivity index (χ1v) is 9.82. The number of amides is 1. The van der Waals surface area contributed by atoms with Crippen LogP contribution < -0.4 is 5.32 Å². The Labute approximate surface area is 152 Å². The second-order valence-corrected chi connectivity index (χ2v) is 7.73. The van der Waals surface area contributed by atoms with Gasteiger partial charge in [-0.25, -0.2) is 4.39 Å². The average molecular weight is 367 g/mol. The fraction of sp³-hybridized carbons (Fsp3) is 0.579. The normalized spacial score (nSPS) is 21.4. The summed E-state index contributed by atoms with van der Waals surface area (Å²) in [6.07, 6.45) is 3.88. The van der Waals surface area contributed by atoms with Crippen molar-refractivity contribution in [3.63, 3.8) is 0 Å². The highest BCUT2D eigenvalue weighted by Gasteiger charge is 2.26. The second kappa shape index (κ2) is 9.80. The third-order valence-electron chi connectivity index (χ3n) is 4.51. The Morgan fingerprint density at radius 2 is 1.96 bits per heavy atom. The molecule has 1 amide bonds. The Bertz CT molecular complexity index is 579. The number of benzene rings is 1. The molecule has 6 heteroatoms. The summed E-state index contributed by atoms with van der Waals surface area (Å²) in [6, 6.07) is 6.30. The number of ether oxygens (including phenoxy) is 1. The lowest BCUT2D eigenvalue weighted by molar-refractivity contribution is -0.154. The lowest BCUT2D eigenvalue weighted by atomic mass is 9.86. The molecule has 0 saturated heterocycles. The first-order chi connectivity index (χ1) is 12.0. The lowest BCUT2D eigenvalue weighted by Crippen LogP contribution is -2.46. The highest BCUT2D eigenvalue weighted by Crippen LogP contribution is 2.24. The number of halogens is 1. The van der Waals surface area contributed by atoms with Gasteiger partial charge in [-0.2, -0.15) is 0 Å². The molecule has 3 atom stereocenters. The van der Waals surface area contributed by atoms with Gasteiger partial charge in [0, 0.05) is 16.7 Å². The quantitative estimate of drug-likeness (QED) is 0.586. The minimum Gasteiger partial charge on any atom is -0.453 e. The second-order valence-electron chi connectivity index (χ2n) is 6.56. The number of esters is 1. The molecule has 4 nitrogen and oxygen atoms in total. The Hall–Kier alpha value is -1.56. The van der Waals surface area contributed by atoms with E-state index in [-0.39, 0.29) is 24.2 Å². The van der Waals surface area contributed by atoms with E-state index in [1.807, 2.05) is 0 Å². The van der Waals surface area contributed by atoms with Crippen molar-refractivity contribution in [3.8, 4) is 0 Å². The van der Waals surface area contributed by atoms with Crippen LogP contribution >= 0.6 is 11.8 Å². The molecule has 0 bridgehead atoms. The van der Waals surface area contributed by atoms with Crippen LogP contribution in [0.4, 0.5) is 4.39 Å². The number of carbonyl (C=O) groups is 2. The topological polar surface area (TPSA) is 55.4 Å². The van der Waals surface area contributed by atoms with Gasteiger partial charge in [0.2, 0.25) is 0 Å². The maximum Gasteiger partial charge on any atom is 0.307 e. The van der Waals surface area contributed by atoms with Crippen LogP contribution in [0.5, 0.6) is 0 Å². The molecule has 0 aromatic heterocycles. The van der Waals surface area contributed by atoms with Crippen molar-refractivity contribution in [2.75, 3.05) is 5.75 Å². The molecular formula is C19H26FNO3S. The SMILES string of the molecule is C[C@@H](OC(=O)CCSc1ccc(F)cc1)C(=O)N[C@H]1CCCC[C@@H]1C. The van der Waals surface area contributed by atoms with Crippen LogP contribution in [-0.2, 0) is 14.3 Å². The molecule has 1 saturated carbocycles. The van der Waals surface area contributed by atoms with E-state index in [4.69, 9.17) is 4.74 Å². The summed E-state index contributed by atoms with van der Waals surface area (Å²) >= 11 is 1.45. The van der Waals surface area contributed by atoms with E-state index < -0.39 is 12.1 Å². The van der Waals surface area contributed by atoms with Gasteiger partial charge in [-0.05, 0) is 49.9 Å². The van der Waals surface area contributed by atoms with Gasteiger partial charge in [0.15, 0.2) is 6.10 Å². The fourth-order valence-corrected chi connectivity index (χ4v) is 3.76. The third-order valence-corrected chi connectivity index (χ3v) is 5.52. The summed E-state index contributed by atoms with van der Waals surface area (Å²) < 4.78 is 18.0. The van der Waals surface area contributed by atoms with E-state index in [9.17, 15) is 14.0 Å². The van der Waals surface area contributed by atoms with E-state index in [1.54, 1.807) is 19.1 Å². The van der Waals surface area contributed by atoms with Crippen molar-refractivity contribution in [1.82, 2.24) is 5.32 Å². The molecular weight excluding hydrogens is 341 g/mol. The maximum absolute atomic E-state index is 12.8. The van der Waals surface area contributed by atoms with Crippen LogP contribution in [0.15, 0.2) is 29.2 Å². The average Bonchev–Trinajstić information content (AvgIpc) is 2.58. The number of hydrogen-bond donors (Lipinski definition) is 1. The van der Waals surface area contributed by atoms with Gasteiger partial charge in [0.1, 0.15) is 5.82 Å². The molecule has 0 spiro atoms. The molecule has 0 unspecified atom stereocenters.